The summed E-state index contributed by atoms with van der Waals surface area (Å²) >= 11 is 1.64. The predicted octanol–water partition coefficient (Wildman–Crippen LogP) is 3.08. The van der Waals surface area contributed by atoms with Gasteiger partial charge in [0.15, 0.2) is 0 Å². The van der Waals surface area contributed by atoms with Crippen molar-refractivity contribution in [2.45, 2.75) is 19.8 Å². The lowest BCUT2D eigenvalue weighted by atomic mass is 10.2. The van der Waals surface area contributed by atoms with Gasteiger partial charge in [-0.1, -0.05) is 12.1 Å². The molecule has 0 aliphatic carbocycles. The van der Waals surface area contributed by atoms with Gasteiger partial charge in [-0.05, 0) is 25.5 Å². The molecule has 21 heavy (non-hydrogen) atoms. The van der Waals surface area contributed by atoms with E-state index in [9.17, 15) is 4.79 Å². The molecule has 0 bridgehead atoms. The molecule has 1 heterocycles. The third kappa shape index (κ3) is 4.58. The molecular weight excluding hydrogens is 284 g/mol. The minimum atomic E-state index is -0.298. The monoisotopic (exact) mass is 300 g/mol. The van der Waals surface area contributed by atoms with Gasteiger partial charge in [0.1, 0.15) is 6.07 Å². The maximum absolute atomic E-state index is 11.8. The molecule has 0 fully saturated rings. The molecule has 0 saturated heterocycles. The molecular formula is C15H16N4OS. The zero-order valence-electron chi connectivity index (χ0n) is 11.7. The van der Waals surface area contributed by atoms with E-state index in [1.807, 2.05) is 18.4 Å². The first-order valence-corrected chi connectivity index (χ1v) is 7.52. The lowest BCUT2D eigenvalue weighted by molar-refractivity contribution is 0.252. The summed E-state index contributed by atoms with van der Waals surface area (Å²) in [7, 11) is 0. The Bertz CT molecular complexity index is 660. The fourth-order valence-corrected chi connectivity index (χ4v) is 2.63. The highest BCUT2D eigenvalue weighted by Gasteiger charge is 2.05. The number of carbonyl (C=O) groups is 1. The van der Waals surface area contributed by atoms with E-state index in [0.717, 1.165) is 23.5 Å². The van der Waals surface area contributed by atoms with Gasteiger partial charge in [0, 0.05) is 24.0 Å². The van der Waals surface area contributed by atoms with Crippen LogP contribution in [0.15, 0.2) is 29.6 Å². The molecule has 5 nitrogen and oxygen atoms in total. The Labute approximate surface area is 127 Å². The van der Waals surface area contributed by atoms with Gasteiger partial charge in [0.25, 0.3) is 0 Å². The van der Waals surface area contributed by atoms with Crippen LogP contribution < -0.4 is 10.6 Å². The molecule has 6 heteroatoms. The van der Waals surface area contributed by atoms with E-state index in [4.69, 9.17) is 5.26 Å². The number of nitriles is 1. The van der Waals surface area contributed by atoms with E-state index >= 15 is 0 Å². The van der Waals surface area contributed by atoms with Crippen LogP contribution >= 0.6 is 11.3 Å². The van der Waals surface area contributed by atoms with E-state index in [2.05, 4.69) is 15.6 Å². The molecule has 0 spiro atoms. The molecule has 0 saturated carbocycles. The Kier molecular flexibility index (Phi) is 5.29. The average molecular weight is 300 g/mol. The first-order valence-electron chi connectivity index (χ1n) is 6.64. The standard InChI is InChI=1S/C15H16N4OS/c1-11-10-21-14(18-11)7-4-8-17-15(20)19-13-6-3-2-5-12(13)9-16/h2-3,5-6,10H,4,7-8H2,1H3,(H2,17,19,20). The number of anilines is 1. The van der Waals surface area contributed by atoms with Crippen LogP contribution in [0.2, 0.25) is 0 Å². The summed E-state index contributed by atoms with van der Waals surface area (Å²) in [5, 5.41) is 17.5. The Morgan fingerprint density at radius 1 is 1.43 bits per heavy atom. The molecule has 0 unspecified atom stereocenters. The number of nitrogens with zero attached hydrogens (tertiary/aromatic N) is 2. The summed E-state index contributed by atoms with van der Waals surface area (Å²) in [5.41, 5.74) is 2.01. The lowest BCUT2D eigenvalue weighted by Crippen LogP contribution is -2.30. The Morgan fingerprint density at radius 3 is 2.95 bits per heavy atom. The molecule has 1 aromatic carbocycles. The number of benzene rings is 1. The van der Waals surface area contributed by atoms with Crippen molar-refractivity contribution < 1.29 is 4.79 Å². The topological polar surface area (TPSA) is 77.8 Å². The molecule has 2 aromatic rings. The molecule has 108 valence electrons. The summed E-state index contributed by atoms with van der Waals surface area (Å²) in [6.07, 6.45) is 1.69. The van der Waals surface area contributed by atoms with Crippen molar-refractivity contribution >= 4 is 23.1 Å². The van der Waals surface area contributed by atoms with Crippen molar-refractivity contribution in [3.63, 3.8) is 0 Å². The summed E-state index contributed by atoms with van der Waals surface area (Å²) in [5.74, 6) is 0. The van der Waals surface area contributed by atoms with Crippen molar-refractivity contribution in [2.75, 3.05) is 11.9 Å². The van der Waals surface area contributed by atoms with Crippen molar-refractivity contribution in [3.8, 4) is 6.07 Å². The summed E-state index contributed by atoms with van der Waals surface area (Å²) in [6.45, 7) is 2.54. The van der Waals surface area contributed by atoms with E-state index in [1.165, 1.54) is 0 Å². The van der Waals surface area contributed by atoms with E-state index in [0.29, 0.717) is 17.8 Å². The van der Waals surface area contributed by atoms with Gasteiger partial charge < -0.3 is 10.6 Å². The SMILES string of the molecule is Cc1csc(CCCNC(=O)Nc2ccccc2C#N)n1. The highest BCUT2D eigenvalue weighted by molar-refractivity contribution is 7.09. The number of para-hydroxylation sites is 1. The second kappa shape index (κ2) is 7.41. The van der Waals surface area contributed by atoms with Crippen LogP contribution in [0.4, 0.5) is 10.5 Å². The lowest BCUT2D eigenvalue weighted by Gasteiger charge is -2.08. The number of urea groups is 1. The first kappa shape index (κ1) is 15.0. The largest absolute Gasteiger partial charge is 0.338 e. The number of amides is 2. The number of carbonyl (C=O) groups excluding carboxylic acids is 1. The number of nitrogens with one attached hydrogen (secondary N) is 2. The Morgan fingerprint density at radius 2 is 2.24 bits per heavy atom. The van der Waals surface area contributed by atoms with Crippen LogP contribution in [0.3, 0.4) is 0 Å². The highest BCUT2D eigenvalue weighted by Crippen LogP contribution is 2.13. The van der Waals surface area contributed by atoms with Crippen LogP contribution in [-0.4, -0.2) is 17.6 Å². The van der Waals surface area contributed by atoms with Crippen molar-refractivity contribution in [1.29, 1.82) is 5.26 Å². The molecule has 0 aliphatic heterocycles. The van der Waals surface area contributed by atoms with E-state index in [-0.39, 0.29) is 6.03 Å². The summed E-state index contributed by atoms with van der Waals surface area (Å²) in [6, 6.07) is 8.66. The minimum absolute atomic E-state index is 0.298. The van der Waals surface area contributed by atoms with Gasteiger partial charge in [-0.3, -0.25) is 0 Å². The molecule has 0 aliphatic rings. The Hall–Kier alpha value is -2.39. The molecule has 2 amide bonds. The maximum Gasteiger partial charge on any atom is 0.319 e. The number of hydrogen-bond donors (Lipinski definition) is 2. The van der Waals surface area contributed by atoms with Crippen LogP contribution in [0, 0.1) is 18.3 Å². The van der Waals surface area contributed by atoms with Gasteiger partial charge >= 0.3 is 6.03 Å². The highest BCUT2D eigenvalue weighted by atomic mass is 32.1. The number of thiazole rings is 1. The summed E-state index contributed by atoms with van der Waals surface area (Å²) in [4.78, 5) is 16.1. The number of rotatable bonds is 5. The average Bonchev–Trinajstić information content (AvgIpc) is 2.90. The van der Waals surface area contributed by atoms with Gasteiger partial charge in [-0.25, -0.2) is 9.78 Å². The van der Waals surface area contributed by atoms with Crippen molar-refractivity contribution in [3.05, 3.63) is 45.9 Å². The minimum Gasteiger partial charge on any atom is -0.338 e. The van der Waals surface area contributed by atoms with Crippen LogP contribution in [0.5, 0.6) is 0 Å². The van der Waals surface area contributed by atoms with Gasteiger partial charge in [0.05, 0.1) is 16.3 Å². The second-order valence-corrected chi connectivity index (χ2v) is 5.47. The first-order chi connectivity index (χ1) is 10.2. The molecule has 2 N–H and O–H groups in total. The third-order valence-corrected chi connectivity index (χ3v) is 3.84. The van der Waals surface area contributed by atoms with Crippen molar-refractivity contribution in [1.82, 2.24) is 10.3 Å². The zero-order chi connectivity index (χ0) is 15.1. The smallest absolute Gasteiger partial charge is 0.319 e. The normalized spacial score (nSPS) is 9.90. The molecule has 0 radical (unpaired) electrons. The third-order valence-electron chi connectivity index (χ3n) is 2.82. The number of aryl methyl sites for hydroxylation is 2. The van der Waals surface area contributed by atoms with Crippen LogP contribution in [-0.2, 0) is 6.42 Å². The fourth-order valence-electron chi connectivity index (χ4n) is 1.82. The number of aromatic nitrogens is 1. The van der Waals surface area contributed by atoms with Crippen LogP contribution in [0.25, 0.3) is 0 Å². The molecule has 0 atom stereocenters. The fraction of sp³-hybridized carbons (Fsp3) is 0.267. The number of hydrogen-bond acceptors (Lipinski definition) is 4. The maximum atomic E-state index is 11.8. The zero-order valence-corrected chi connectivity index (χ0v) is 12.5. The van der Waals surface area contributed by atoms with Gasteiger partial charge in [-0.15, -0.1) is 11.3 Å². The Balaban J connectivity index is 1.74. The van der Waals surface area contributed by atoms with E-state index in [1.54, 1.807) is 35.6 Å². The van der Waals surface area contributed by atoms with Gasteiger partial charge in [0.2, 0.25) is 0 Å². The van der Waals surface area contributed by atoms with Crippen molar-refractivity contribution in [2.24, 2.45) is 0 Å². The molecule has 1 aromatic heterocycles. The summed E-state index contributed by atoms with van der Waals surface area (Å²) < 4.78 is 0. The second-order valence-electron chi connectivity index (χ2n) is 4.52. The molecule has 2 rings (SSSR count). The van der Waals surface area contributed by atoms with Crippen LogP contribution in [0.1, 0.15) is 22.7 Å². The quantitative estimate of drug-likeness (QED) is 0.833. The van der Waals surface area contributed by atoms with Gasteiger partial charge in [-0.2, -0.15) is 5.26 Å². The predicted molar refractivity (Wildman–Crippen MR) is 83.4 cm³/mol. The van der Waals surface area contributed by atoms with E-state index < -0.39 is 0 Å².